The number of ether oxygens (including phenoxy) is 2. The molecule has 1 aliphatic heterocycles. The minimum atomic E-state index is -7.15. The zero-order valence-electron chi connectivity index (χ0n) is 20.4. The Hall–Kier alpha value is -2.38. The minimum absolute atomic E-state index is 0.0134. The van der Waals surface area contributed by atoms with Gasteiger partial charge in [0.1, 0.15) is 10.7 Å². The number of allylic oxidation sites excluding steroid dienone is 1. The Balaban J connectivity index is 2.34. The minimum Gasteiger partial charge on any atom is -0.463 e. The van der Waals surface area contributed by atoms with Crippen molar-refractivity contribution in [3.63, 3.8) is 0 Å². The third-order valence-corrected chi connectivity index (χ3v) is 8.03. The summed E-state index contributed by atoms with van der Waals surface area (Å²) < 4.78 is 152. The molecule has 2 aromatic carbocycles. The molecule has 14 heteroatoms. The molecule has 0 bridgehead atoms. The van der Waals surface area contributed by atoms with Crippen molar-refractivity contribution < 1.29 is 53.0 Å². The molecule has 2 aromatic rings. The Morgan fingerprint density at radius 1 is 0.897 bits per heavy atom. The molecule has 0 radical (unpaired) electrons. The zero-order valence-corrected chi connectivity index (χ0v) is 21.9. The molecule has 1 heterocycles. The van der Waals surface area contributed by atoms with Gasteiger partial charge in [-0.05, 0) is 23.1 Å². The highest BCUT2D eigenvalue weighted by molar-refractivity contribution is 7.96. The summed E-state index contributed by atoms with van der Waals surface area (Å²) in [5, 5.41) is -13.0. The maximum atomic E-state index is 15.2. The Bertz CT molecular complexity index is 1280. The molecule has 0 saturated heterocycles. The van der Waals surface area contributed by atoms with Crippen molar-refractivity contribution in [3.8, 4) is 0 Å². The standard InChI is InChI=1S/C25H23ClF8O4S/c1-15(2)14-37-19-13-18(16-9-5-3-6-10-16)21(20(38-19)17-11-7-4-8-12-17)39(35,36)25(33,34)23(29,30)22(27,28)24(26,31)32/h3-12,15,18-19H,13-14H2,1-2H3. The van der Waals surface area contributed by atoms with Gasteiger partial charge in [0.15, 0.2) is 0 Å². The highest BCUT2D eigenvalue weighted by Gasteiger charge is 2.84. The van der Waals surface area contributed by atoms with Crippen LogP contribution >= 0.6 is 11.6 Å². The van der Waals surface area contributed by atoms with Crippen LogP contribution in [0.3, 0.4) is 0 Å². The maximum Gasteiger partial charge on any atom is 0.417 e. The van der Waals surface area contributed by atoms with Crippen molar-refractivity contribution in [2.45, 2.75) is 55.0 Å². The molecule has 216 valence electrons. The lowest BCUT2D eigenvalue weighted by Crippen LogP contribution is -2.63. The molecule has 1 aliphatic rings. The van der Waals surface area contributed by atoms with E-state index in [2.05, 4.69) is 11.6 Å². The van der Waals surface area contributed by atoms with Gasteiger partial charge in [-0.25, -0.2) is 8.42 Å². The van der Waals surface area contributed by atoms with E-state index >= 15 is 8.78 Å². The van der Waals surface area contributed by atoms with Gasteiger partial charge in [0.2, 0.25) is 6.29 Å². The van der Waals surface area contributed by atoms with E-state index in [-0.39, 0.29) is 23.7 Å². The molecule has 0 amide bonds. The fourth-order valence-electron chi connectivity index (χ4n) is 3.85. The maximum absolute atomic E-state index is 15.2. The summed E-state index contributed by atoms with van der Waals surface area (Å²) in [6.07, 6.45) is -1.78. The van der Waals surface area contributed by atoms with Crippen molar-refractivity contribution in [1.29, 1.82) is 0 Å². The summed E-state index contributed by atoms with van der Waals surface area (Å²) in [6, 6.07) is 13.5. The van der Waals surface area contributed by atoms with Gasteiger partial charge in [0, 0.05) is 17.9 Å². The number of hydrogen-bond donors (Lipinski definition) is 0. The van der Waals surface area contributed by atoms with Crippen LogP contribution in [-0.2, 0) is 19.3 Å². The van der Waals surface area contributed by atoms with E-state index in [9.17, 15) is 34.8 Å². The first kappa shape index (κ1) is 31.2. The fraction of sp³-hybridized carbons (Fsp3) is 0.440. The first-order chi connectivity index (χ1) is 17.9. The summed E-state index contributed by atoms with van der Waals surface area (Å²) >= 11 is 4.04. The van der Waals surface area contributed by atoms with Crippen molar-refractivity contribution in [2.75, 3.05) is 6.61 Å². The van der Waals surface area contributed by atoms with Gasteiger partial charge >= 0.3 is 22.5 Å². The highest BCUT2D eigenvalue weighted by Crippen LogP contribution is 2.58. The lowest BCUT2D eigenvalue weighted by Gasteiger charge is -2.38. The number of halogens is 9. The van der Waals surface area contributed by atoms with Crippen molar-refractivity contribution >= 4 is 27.2 Å². The molecule has 0 saturated carbocycles. The van der Waals surface area contributed by atoms with Crippen LogP contribution in [0, 0.1) is 5.92 Å². The lowest BCUT2D eigenvalue weighted by atomic mass is 9.91. The molecule has 0 spiro atoms. The lowest BCUT2D eigenvalue weighted by molar-refractivity contribution is -0.326. The largest absolute Gasteiger partial charge is 0.463 e. The van der Waals surface area contributed by atoms with Gasteiger partial charge in [-0.3, -0.25) is 0 Å². The van der Waals surface area contributed by atoms with E-state index in [1.54, 1.807) is 13.8 Å². The summed E-state index contributed by atoms with van der Waals surface area (Å²) in [6.45, 7) is 3.62. The van der Waals surface area contributed by atoms with Crippen LogP contribution in [0.1, 0.15) is 37.3 Å². The van der Waals surface area contributed by atoms with E-state index in [0.717, 1.165) is 0 Å². The van der Waals surface area contributed by atoms with Crippen LogP contribution in [0.4, 0.5) is 35.1 Å². The molecule has 0 aromatic heterocycles. The Kier molecular flexibility index (Phi) is 8.70. The van der Waals surface area contributed by atoms with Gasteiger partial charge in [-0.1, -0.05) is 74.5 Å². The summed E-state index contributed by atoms with van der Waals surface area (Å²) in [5.41, 5.74) is -0.178. The topological polar surface area (TPSA) is 52.6 Å². The van der Waals surface area contributed by atoms with Crippen LogP contribution in [-0.4, -0.2) is 43.8 Å². The molecule has 0 aliphatic carbocycles. The quantitative estimate of drug-likeness (QED) is 0.206. The summed E-state index contributed by atoms with van der Waals surface area (Å²) in [7, 11) is -6.87. The van der Waals surface area contributed by atoms with Gasteiger partial charge in [-0.2, -0.15) is 35.1 Å². The molecule has 2 unspecified atom stereocenters. The molecular formula is C25H23ClF8O4S. The van der Waals surface area contributed by atoms with E-state index < -0.39 is 61.6 Å². The highest BCUT2D eigenvalue weighted by atomic mass is 35.5. The second-order valence-corrected chi connectivity index (χ2v) is 11.6. The van der Waals surface area contributed by atoms with E-state index in [4.69, 9.17) is 9.47 Å². The first-order valence-electron chi connectivity index (χ1n) is 11.4. The third-order valence-electron chi connectivity index (χ3n) is 5.81. The molecule has 3 rings (SSSR count). The number of alkyl halides is 9. The van der Waals surface area contributed by atoms with Crippen LogP contribution in [0.25, 0.3) is 5.76 Å². The SMILES string of the molecule is CC(C)COC1CC(c2ccccc2)C(S(=O)(=O)C(F)(F)C(F)(F)C(F)(F)C(F)(F)Cl)=C(c2ccccc2)O1. The fourth-order valence-corrected chi connectivity index (χ4v) is 5.72. The summed E-state index contributed by atoms with van der Waals surface area (Å²) in [5.74, 6) is -16.7. The van der Waals surface area contributed by atoms with Crippen LogP contribution in [0.5, 0.6) is 0 Å². The van der Waals surface area contributed by atoms with Crippen molar-refractivity contribution in [1.82, 2.24) is 0 Å². The summed E-state index contributed by atoms with van der Waals surface area (Å²) in [4.78, 5) is -1.50. The first-order valence-corrected chi connectivity index (χ1v) is 13.3. The second kappa shape index (κ2) is 10.9. The van der Waals surface area contributed by atoms with E-state index in [1.807, 2.05) is 0 Å². The van der Waals surface area contributed by atoms with Crippen molar-refractivity contribution in [2.24, 2.45) is 5.92 Å². The number of sulfone groups is 1. The van der Waals surface area contributed by atoms with Crippen LogP contribution in [0.15, 0.2) is 65.6 Å². The van der Waals surface area contributed by atoms with Gasteiger partial charge in [-0.15, -0.1) is 0 Å². The van der Waals surface area contributed by atoms with E-state index in [0.29, 0.717) is 0 Å². The van der Waals surface area contributed by atoms with Crippen molar-refractivity contribution in [3.05, 3.63) is 76.7 Å². The molecule has 39 heavy (non-hydrogen) atoms. The Morgan fingerprint density at radius 2 is 1.41 bits per heavy atom. The van der Waals surface area contributed by atoms with Crippen LogP contribution < -0.4 is 0 Å². The molecule has 0 fully saturated rings. The molecular weight excluding hydrogens is 584 g/mol. The predicted molar refractivity (Wildman–Crippen MR) is 127 cm³/mol. The number of hydrogen-bond acceptors (Lipinski definition) is 4. The normalized spacial score (nSPS) is 19.8. The monoisotopic (exact) mass is 606 g/mol. The smallest absolute Gasteiger partial charge is 0.417 e. The second-order valence-electron chi connectivity index (χ2n) is 9.20. The van der Waals surface area contributed by atoms with E-state index in [1.165, 1.54) is 60.7 Å². The van der Waals surface area contributed by atoms with Gasteiger partial charge in [0.25, 0.3) is 9.84 Å². The predicted octanol–water partition coefficient (Wildman–Crippen LogP) is 7.67. The van der Waals surface area contributed by atoms with Gasteiger partial charge in [0.05, 0.1) is 6.61 Å². The number of rotatable bonds is 10. The molecule has 4 nitrogen and oxygen atoms in total. The van der Waals surface area contributed by atoms with Gasteiger partial charge < -0.3 is 9.47 Å². The van der Waals surface area contributed by atoms with Crippen LogP contribution in [0.2, 0.25) is 0 Å². The average Bonchev–Trinajstić information content (AvgIpc) is 2.86. The average molecular weight is 607 g/mol. The zero-order chi connectivity index (χ0) is 29.4. The molecule has 0 N–H and O–H groups in total. The number of benzene rings is 2. The Morgan fingerprint density at radius 3 is 1.90 bits per heavy atom. The third kappa shape index (κ3) is 5.62. The molecule has 2 atom stereocenters. The Labute approximate surface area is 224 Å².